The molecule has 0 aliphatic carbocycles. The minimum atomic E-state index is -0.983. The van der Waals surface area contributed by atoms with Gasteiger partial charge in [0.25, 0.3) is 0 Å². The number of rotatable bonds is 5. The molecule has 116 valence electrons. The number of amides is 2. The number of thioether (sulfide) groups is 1. The lowest BCUT2D eigenvalue weighted by Crippen LogP contribution is -2.50. The van der Waals surface area contributed by atoms with Gasteiger partial charge in [-0.25, -0.2) is 9.59 Å². The Bertz CT molecular complexity index is 496. The van der Waals surface area contributed by atoms with E-state index < -0.39 is 24.1 Å². The van der Waals surface area contributed by atoms with Crippen molar-refractivity contribution in [3.8, 4) is 0 Å². The highest BCUT2D eigenvalue weighted by atomic mass is 32.2. The van der Waals surface area contributed by atoms with Crippen LogP contribution >= 0.6 is 11.8 Å². The van der Waals surface area contributed by atoms with E-state index in [2.05, 4.69) is 25.9 Å². The molecule has 3 atom stereocenters. The number of carbonyl (C=O) groups excluding carboxylic acids is 1. The summed E-state index contributed by atoms with van der Waals surface area (Å²) in [5.41, 5.74) is 0. The molecule has 1 aromatic rings. The van der Waals surface area contributed by atoms with Gasteiger partial charge < -0.3 is 10.4 Å². The topological polar surface area (TPSA) is 124 Å². The zero-order valence-electron chi connectivity index (χ0n) is 11.8. The normalized spacial score (nSPS) is 23.0. The largest absolute Gasteiger partial charge is 0.480 e. The molecule has 0 spiro atoms. The van der Waals surface area contributed by atoms with Gasteiger partial charge in [0.2, 0.25) is 0 Å². The monoisotopic (exact) mass is 314 g/mol. The van der Waals surface area contributed by atoms with Gasteiger partial charge in [-0.1, -0.05) is 18.6 Å². The molecule has 1 saturated heterocycles. The smallest absolute Gasteiger partial charge is 0.327 e. The maximum Gasteiger partial charge on any atom is 0.327 e. The summed E-state index contributed by atoms with van der Waals surface area (Å²) in [5, 5.41) is 25.2. The summed E-state index contributed by atoms with van der Waals surface area (Å²) in [6.07, 6.45) is 1.65. The van der Waals surface area contributed by atoms with Crippen LogP contribution < -0.4 is 5.32 Å². The Labute approximate surface area is 125 Å². The number of carboxylic acids is 1. The van der Waals surface area contributed by atoms with Crippen molar-refractivity contribution in [1.29, 1.82) is 0 Å². The average Bonchev–Trinajstić information content (AvgIpc) is 3.08. The molecule has 3 unspecified atom stereocenters. The fourth-order valence-electron chi connectivity index (χ4n) is 2.17. The predicted octanol–water partition coefficient (Wildman–Crippen LogP) is 0.598. The van der Waals surface area contributed by atoms with Crippen molar-refractivity contribution in [3.05, 3.63) is 5.82 Å². The van der Waals surface area contributed by atoms with Crippen LogP contribution in [0.2, 0.25) is 0 Å². The lowest BCUT2D eigenvalue weighted by atomic mass is 10.2. The number of hydrogen-bond donors (Lipinski definition) is 3. The number of H-pyrrole nitrogens is 1. The van der Waals surface area contributed by atoms with Crippen LogP contribution in [0.4, 0.5) is 4.79 Å². The molecule has 2 amide bonds. The van der Waals surface area contributed by atoms with E-state index in [1.807, 2.05) is 6.92 Å². The quantitative estimate of drug-likeness (QED) is 0.726. The maximum absolute atomic E-state index is 12.4. The van der Waals surface area contributed by atoms with Crippen molar-refractivity contribution in [2.45, 2.75) is 44.1 Å². The van der Waals surface area contributed by atoms with Gasteiger partial charge in [-0.2, -0.15) is 5.21 Å². The predicted molar refractivity (Wildman–Crippen MR) is 75.5 cm³/mol. The number of tetrazole rings is 1. The third-order valence-corrected chi connectivity index (χ3v) is 4.59. The Balaban J connectivity index is 2.07. The van der Waals surface area contributed by atoms with Gasteiger partial charge in [0.15, 0.2) is 5.82 Å². The van der Waals surface area contributed by atoms with Crippen LogP contribution in [-0.4, -0.2) is 59.8 Å². The summed E-state index contributed by atoms with van der Waals surface area (Å²) in [6.45, 7) is 3.73. The Morgan fingerprint density at radius 3 is 2.95 bits per heavy atom. The van der Waals surface area contributed by atoms with Gasteiger partial charge in [0, 0.05) is 5.75 Å². The highest BCUT2D eigenvalue weighted by Crippen LogP contribution is 2.32. The standard InChI is InChI=1S/C11H18N6O3S/c1-3-4-8-17(7(5-21-8)10(18)19)11(20)12-6(2)9-13-15-16-14-9/h6-8H,3-5H2,1-2H3,(H,12,20)(H,18,19)(H,13,14,15,16). The number of nitrogens with zero attached hydrogens (tertiary/aromatic N) is 4. The molecule has 10 heteroatoms. The van der Waals surface area contributed by atoms with E-state index in [1.165, 1.54) is 16.7 Å². The number of hydrogen-bond acceptors (Lipinski definition) is 6. The van der Waals surface area contributed by atoms with Gasteiger partial charge in [-0.3, -0.25) is 4.90 Å². The van der Waals surface area contributed by atoms with Gasteiger partial charge in [0.1, 0.15) is 6.04 Å². The van der Waals surface area contributed by atoms with Gasteiger partial charge in [-0.05, 0) is 13.3 Å². The van der Waals surface area contributed by atoms with Crippen LogP contribution in [0.3, 0.4) is 0 Å². The average molecular weight is 314 g/mol. The second-order valence-corrected chi connectivity index (χ2v) is 5.99. The molecular formula is C11H18N6O3S. The van der Waals surface area contributed by atoms with Crippen LogP contribution in [-0.2, 0) is 4.79 Å². The van der Waals surface area contributed by atoms with Crippen molar-refractivity contribution < 1.29 is 14.7 Å². The molecule has 1 aliphatic heterocycles. The Morgan fingerprint density at radius 1 is 1.62 bits per heavy atom. The summed E-state index contributed by atoms with van der Waals surface area (Å²) in [4.78, 5) is 25.1. The third-order valence-electron chi connectivity index (χ3n) is 3.24. The molecule has 0 radical (unpaired) electrons. The van der Waals surface area contributed by atoms with Crippen molar-refractivity contribution in [2.24, 2.45) is 0 Å². The molecular weight excluding hydrogens is 296 g/mol. The fourth-order valence-corrected chi connectivity index (χ4v) is 3.69. The van der Waals surface area contributed by atoms with E-state index in [0.29, 0.717) is 11.6 Å². The summed E-state index contributed by atoms with van der Waals surface area (Å²) < 4.78 is 0. The number of aromatic amines is 1. The number of aromatic nitrogens is 4. The summed E-state index contributed by atoms with van der Waals surface area (Å²) in [5.74, 6) is -0.220. The number of carbonyl (C=O) groups is 2. The maximum atomic E-state index is 12.4. The molecule has 1 fully saturated rings. The first kappa shape index (κ1) is 15.5. The van der Waals surface area contributed by atoms with E-state index in [-0.39, 0.29) is 5.37 Å². The number of aliphatic carboxylic acids is 1. The minimum Gasteiger partial charge on any atom is -0.480 e. The van der Waals surface area contributed by atoms with E-state index in [9.17, 15) is 14.7 Å². The first-order valence-corrected chi connectivity index (χ1v) is 7.76. The van der Waals surface area contributed by atoms with E-state index in [1.54, 1.807) is 6.92 Å². The zero-order valence-corrected chi connectivity index (χ0v) is 12.6. The molecule has 1 aromatic heterocycles. The third kappa shape index (κ3) is 3.43. The van der Waals surface area contributed by atoms with E-state index in [0.717, 1.165) is 12.8 Å². The van der Waals surface area contributed by atoms with Crippen molar-refractivity contribution >= 4 is 23.8 Å². The highest BCUT2D eigenvalue weighted by molar-refractivity contribution is 8.00. The fraction of sp³-hybridized carbons (Fsp3) is 0.727. The Morgan fingerprint density at radius 2 is 2.38 bits per heavy atom. The van der Waals surface area contributed by atoms with Crippen LogP contribution in [0, 0.1) is 0 Å². The molecule has 3 N–H and O–H groups in total. The van der Waals surface area contributed by atoms with Crippen LogP contribution in [0.5, 0.6) is 0 Å². The summed E-state index contributed by atoms with van der Waals surface area (Å²) in [7, 11) is 0. The second kappa shape index (κ2) is 6.74. The number of carboxylic acid groups (broad SMARTS) is 1. The first-order valence-electron chi connectivity index (χ1n) is 6.71. The van der Waals surface area contributed by atoms with Crippen LogP contribution in [0.1, 0.15) is 38.6 Å². The lowest BCUT2D eigenvalue weighted by Gasteiger charge is -2.28. The SMILES string of the molecule is CCCC1SCC(C(=O)O)N1C(=O)NC(C)c1nn[nH]n1. The van der Waals surface area contributed by atoms with Gasteiger partial charge in [0.05, 0.1) is 11.4 Å². The van der Waals surface area contributed by atoms with Crippen LogP contribution in [0.25, 0.3) is 0 Å². The molecule has 2 heterocycles. The van der Waals surface area contributed by atoms with Crippen molar-refractivity contribution in [3.63, 3.8) is 0 Å². The Hall–Kier alpha value is -1.84. The van der Waals surface area contributed by atoms with Gasteiger partial charge in [-0.15, -0.1) is 22.0 Å². The van der Waals surface area contributed by atoms with Crippen molar-refractivity contribution in [1.82, 2.24) is 30.8 Å². The Kier molecular flexibility index (Phi) is 4.99. The van der Waals surface area contributed by atoms with E-state index >= 15 is 0 Å². The zero-order chi connectivity index (χ0) is 15.4. The second-order valence-electron chi connectivity index (χ2n) is 4.78. The first-order chi connectivity index (χ1) is 10.0. The lowest BCUT2D eigenvalue weighted by molar-refractivity contribution is -0.141. The highest BCUT2D eigenvalue weighted by Gasteiger charge is 2.41. The molecule has 0 bridgehead atoms. The number of nitrogens with one attached hydrogen (secondary N) is 2. The molecule has 0 aromatic carbocycles. The minimum absolute atomic E-state index is 0.117. The molecule has 1 aliphatic rings. The molecule has 2 rings (SSSR count). The summed E-state index contributed by atoms with van der Waals surface area (Å²) >= 11 is 1.50. The van der Waals surface area contributed by atoms with Crippen LogP contribution in [0.15, 0.2) is 0 Å². The van der Waals surface area contributed by atoms with E-state index in [4.69, 9.17) is 0 Å². The molecule has 0 saturated carbocycles. The van der Waals surface area contributed by atoms with Gasteiger partial charge >= 0.3 is 12.0 Å². The summed E-state index contributed by atoms with van der Waals surface area (Å²) in [6, 6.07) is -1.66. The molecule has 9 nitrogen and oxygen atoms in total. The number of urea groups is 1. The molecule has 21 heavy (non-hydrogen) atoms. The van der Waals surface area contributed by atoms with Crippen molar-refractivity contribution in [2.75, 3.05) is 5.75 Å².